The average molecular weight is 638 g/mol. The van der Waals surface area contributed by atoms with E-state index in [4.69, 9.17) is 0 Å². The molecule has 0 radical (unpaired) electrons. The molecule has 0 N–H and O–H groups in total. The molecule has 0 aliphatic carbocycles. The van der Waals surface area contributed by atoms with E-state index in [0.29, 0.717) is 0 Å². The van der Waals surface area contributed by atoms with Crippen LogP contribution in [0.5, 0.6) is 0 Å². The Balaban J connectivity index is 0. The first-order valence-electron chi connectivity index (χ1n) is 7.50. The maximum Gasteiger partial charge on any atom is 1.00 e. The van der Waals surface area contributed by atoms with Gasteiger partial charge in [0.25, 0.3) is 0 Å². The van der Waals surface area contributed by atoms with E-state index in [1.54, 1.807) is 0 Å². The Morgan fingerprint density at radius 1 is 0.342 bits per heavy atom. The molecule has 0 spiro atoms. The van der Waals surface area contributed by atoms with Crippen LogP contribution in [0.25, 0.3) is 0 Å². The molecule has 0 fully saturated rings. The first kappa shape index (κ1) is 39.0. The predicted octanol–water partition coefficient (Wildman–Crippen LogP) is 2.66. The molecule has 0 saturated heterocycles. The molecule has 0 aromatic carbocycles. The Hall–Kier alpha value is -1.14. The summed E-state index contributed by atoms with van der Waals surface area (Å²) in [6.45, 7) is 0. The van der Waals surface area contributed by atoms with Gasteiger partial charge in [0, 0.05) is 0 Å². The van der Waals surface area contributed by atoms with Crippen molar-refractivity contribution in [3.8, 4) is 0 Å². The van der Waals surface area contributed by atoms with Crippen molar-refractivity contribution >= 4 is 5.97 Å². The first-order valence-corrected chi connectivity index (χ1v) is 7.50. The standard InChI is InChI=1S/C12HF23O2.Na/c13-2(14,1(36)37)3(15,16)4(17,18)5(19,20)6(21,22)7(23,24)8(25,26)9(27,28)10(29,30)11(31,32)12(33,34)35;/h(H,36,37);/q;+1/p-1/i1+1,2+1;. The quantitative estimate of drug-likeness (QED) is 0.210. The Morgan fingerprint density at radius 2 is 0.500 bits per heavy atom. The van der Waals surface area contributed by atoms with Crippen LogP contribution in [-0.4, -0.2) is 71.4 Å². The zero-order valence-corrected chi connectivity index (χ0v) is 18.5. The number of carbonyl (C=O) groups excluding carboxylic acids is 1. The summed E-state index contributed by atoms with van der Waals surface area (Å²) in [5.74, 6) is -95.1. The topological polar surface area (TPSA) is 40.1 Å². The van der Waals surface area contributed by atoms with E-state index in [1.165, 1.54) is 0 Å². The van der Waals surface area contributed by atoms with Gasteiger partial charge in [-0.05, 0) is 0 Å². The number of halogens is 23. The number of alkyl halides is 23. The van der Waals surface area contributed by atoms with Crippen LogP contribution in [0.2, 0.25) is 0 Å². The first-order chi connectivity index (χ1) is 15.4. The number of carbonyl (C=O) groups is 1. The molecule has 0 aromatic rings. The summed E-state index contributed by atoms with van der Waals surface area (Å²) >= 11 is 0. The molecule has 0 amide bonds. The Morgan fingerprint density at radius 3 is 0.658 bits per heavy atom. The third kappa shape index (κ3) is 4.44. The van der Waals surface area contributed by atoms with E-state index < -0.39 is 71.4 Å². The monoisotopic (exact) mass is 638 g/mol. The van der Waals surface area contributed by atoms with Crippen LogP contribution in [0.4, 0.5) is 101 Å². The van der Waals surface area contributed by atoms with Gasteiger partial charge in [0.2, 0.25) is 0 Å². The fourth-order valence-corrected chi connectivity index (χ4v) is 1.88. The van der Waals surface area contributed by atoms with Crippen molar-refractivity contribution in [1.82, 2.24) is 0 Å². The van der Waals surface area contributed by atoms with Crippen LogP contribution in [0, 0.1) is 0 Å². The van der Waals surface area contributed by atoms with Crippen molar-refractivity contribution in [2.24, 2.45) is 0 Å². The molecule has 0 unspecified atom stereocenters. The third-order valence-corrected chi connectivity index (χ3v) is 4.16. The largest absolute Gasteiger partial charge is 1.00 e. The number of carboxylic acid groups (broad SMARTS) is 1. The summed E-state index contributed by atoms with van der Waals surface area (Å²) < 4.78 is 297. The second-order valence-corrected chi connectivity index (χ2v) is 6.53. The third-order valence-electron chi connectivity index (χ3n) is 4.16. The fraction of sp³-hybridized carbons (Fsp3) is 0.917. The van der Waals surface area contributed by atoms with E-state index in [2.05, 4.69) is 0 Å². The minimum Gasteiger partial charge on any atom is -0.544 e. The smallest absolute Gasteiger partial charge is 0.544 e. The number of carboxylic acids is 1. The average Bonchev–Trinajstić information content (AvgIpc) is 2.65. The number of hydrogen-bond donors (Lipinski definition) is 0. The van der Waals surface area contributed by atoms with E-state index >= 15 is 0 Å². The number of hydrogen-bond acceptors (Lipinski definition) is 2. The maximum absolute atomic E-state index is 13.3. The summed E-state index contributed by atoms with van der Waals surface area (Å²) in [7, 11) is 0. The summed E-state index contributed by atoms with van der Waals surface area (Å²) in [5.41, 5.74) is 0. The molecule has 0 heterocycles. The van der Waals surface area contributed by atoms with Crippen molar-refractivity contribution in [3.05, 3.63) is 0 Å². The Labute approximate surface area is 212 Å². The van der Waals surface area contributed by atoms with E-state index in [1.807, 2.05) is 0 Å². The van der Waals surface area contributed by atoms with Crippen LogP contribution in [0.3, 0.4) is 0 Å². The molecule has 0 bridgehead atoms. The van der Waals surface area contributed by atoms with Gasteiger partial charge >= 0.3 is 95.0 Å². The molecule has 38 heavy (non-hydrogen) atoms. The van der Waals surface area contributed by atoms with Crippen LogP contribution in [0.15, 0.2) is 0 Å². The van der Waals surface area contributed by atoms with Crippen LogP contribution >= 0.6 is 0 Å². The molecule has 0 aliphatic heterocycles. The second-order valence-electron chi connectivity index (χ2n) is 6.53. The van der Waals surface area contributed by atoms with Crippen molar-refractivity contribution in [2.45, 2.75) is 65.4 Å². The number of rotatable bonds is 10. The summed E-state index contributed by atoms with van der Waals surface area (Å²) in [5, 5.41) is 9.74. The zero-order valence-electron chi connectivity index (χ0n) is 16.5. The summed E-state index contributed by atoms with van der Waals surface area (Å²) in [6.07, 6.45) is -8.14. The minimum atomic E-state index is -9.52. The van der Waals surface area contributed by atoms with E-state index in [-0.39, 0.29) is 29.6 Å². The zero-order chi connectivity index (χ0) is 31.1. The van der Waals surface area contributed by atoms with Gasteiger partial charge in [-0.25, -0.2) is 0 Å². The van der Waals surface area contributed by atoms with Gasteiger partial charge in [-0.3, -0.25) is 0 Å². The van der Waals surface area contributed by atoms with E-state index in [0.717, 1.165) is 0 Å². The SMILES string of the molecule is O=[13C]([O-])[13C](F)(F)C(F)(F)C(F)(F)C(F)(F)C(F)(F)C(F)(F)C(F)(F)C(F)(F)C(F)(F)C(F)(F)C(F)(F)F.[Na+]. The van der Waals surface area contributed by atoms with Crippen LogP contribution in [-0.2, 0) is 4.79 Å². The summed E-state index contributed by atoms with van der Waals surface area (Å²) in [6, 6.07) is 0. The second kappa shape index (κ2) is 9.46. The molecular formula is C12F23NaO2. The van der Waals surface area contributed by atoms with Gasteiger partial charge in [-0.1, -0.05) is 0 Å². The van der Waals surface area contributed by atoms with Crippen molar-refractivity contribution in [1.29, 1.82) is 0 Å². The van der Waals surface area contributed by atoms with Gasteiger partial charge in [0.05, 0.1) is 0 Å². The van der Waals surface area contributed by atoms with Crippen molar-refractivity contribution < 1.29 is 140 Å². The van der Waals surface area contributed by atoms with Crippen LogP contribution < -0.4 is 34.7 Å². The minimum absolute atomic E-state index is 0. The van der Waals surface area contributed by atoms with Crippen molar-refractivity contribution in [3.63, 3.8) is 0 Å². The van der Waals surface area contributed by atoms with Crippen molar-refractivity contribution in [2.75, 3.05) is 0 Å². The molecule has 0 aromatic heterocycles. The fourth-order valence-electron chi connectivity index (χ4n) is 1.88. The van der Waals surface area contributed by atoms with Gasteiger partial charge in [-0.2, -0.15) is 101 Å². The normalized spacial score (nSPS) is 16.3. The Kier molecular flexibility index (Phi) is 9.71. The molecule has 0 atom stereocenters. The molecule has 0 saturated carbocycles. The van der Waals surface area contributed by atoms with Gasteiger partial charge in [0.15, 0.2) is 0 Å². The molecule has 0 rings (SSSR count). The van der Waals surface area contributed by atoms with Gasteiger partial charge in [-0.15, -0.1) is 0 Å². The Bertz CT molecular complexity index is 885. The van der Waals surface area contributed by atoms with Gasteiger partial charge < -0.3 is 9.90 Å². The molecule has 0 aliphatic rings. The maximum atomic E-state index is 13.3. The molecule has 222 valence electrons. The molecule has 26 heteroatoms. The van der Waals surface area contributed by atoms with Gasteiger partial charge in [0.1, 0.15) is 5.97 Å². The molecule has 2 nitrogen and oxygen atoms in total. The van der Waals surface area contributed by atoms with E-state index in [9.17, 15) is 111 Å². The predicted molar refractivity (Wildman–Crippen MR) is 60.5 cm³/mol. The number of aliphatic carboxylic acids is 1. The summed E-state index contributed by atoms with van der Waals surface area (Å²) in [4.78, 5) is 9.74. The van der Waals surface area contributed by atoms with Crippen LogP contribution in [0.1, 0.15) is 0 Å². The molecular weight excluding hydrogens is 638 g/mol.